The molecule has 0 aliphatic heterocycles. The number of halogens is 1. The van der Waals surface area contributed by atoms with Crippen LogP contribution in [0, 0.1) is 6.92 Å². The Bertz CT molecular complexity index is 342. The van der Waals surface area contributed by atoms with Crippen molar-refractivity contribution in [2.45, 2.75) is 13.3 Å². The summed E-state index contributed by atoms with van der Waals surface area (Å²) < 4.78 is 10.3. The first kappa shape index (κ1) is 13.3. The van der Waals surface area contributed by atoms with Gasteiger partial charge in [-0.3, -0.25) is 5.32 Å². The van der Waals surface area contributed by atoms with E-state index in [2.05, 4.69) is 5.32 Å². The van der Waals surface area contributed by atoms with Gasteiger partial charge in [0.1, 0.15) is 5.75 Å². The lowest BCUT2D eigenvalue weighted by molar-refractivity contribution is 0.176. The molecular formula is C12H18ClNO2. The fourth-order valence-corrected chi connectivity index (χ4v) is 1.97. The second kappa shape index (κ2) is 6.74. The molecule has 4 heteroatoms. The molecule has 0 aliphatic rings. The van der Waals surface area contributed by atoms with Crippen LogP contribution >= 0.6 is 11.6 Å². The molecule has 0 fully saturated rings. The molecule has 3 nitrogen and oxygen atoms in total. The average Bonchev–Trinajstić information content (AvgIpc) is 2.24. The van der Waals surface area contributed by atoms with Crippen molar-refractivity contribution in [2.24, 2.45) is 0 Å². The molecule has 0 saturated carbocycles. The molecule has 0 saturated heterocycles. The molecule has 0 radical (unpaired) electrons. The zero-order chi connectivity index (χ0) is 12.0. The fraction of sp³-hybridized carbons (Fsp3) is 0.500. The SMILES string of the molecule is COCNCCc1cc(Cl)cc(C)c1OC. The molecule has 16 heavy (non-hydrogen) atoms. The van der Waals surface area contributed by atoms with Crippen molar-refractivity contribution < 1.29 is 9.47 Å². The molecule has 0 heterocycles. The van der Waals surface area contributed by atoms with Crippen LogP contribution in [0.15, 0.2) is 12.1 Å². The summed E-state index contributed by atoms with van der Waals surface area (Å²) in [7, 11) is 3.35. The van der Waals surface area contributed by atoms with Gasteiger partial charge in [-0.05, 0) is 36.6 Å². The highest BCUT2D eigenvalue weighted by molar-refractivity contribution is 6.30. The summed E-state index contributed by atoms with van der Waals surface area (Å²) in [6, 6.07) is 3.86. The number of nitrogens with one attached hydrogen (secondary N) is 1. The smallest absolute Gasteiger partial charge is 0.125 e. The van der Waals surface area contributed by atoms with Crippen LogP contribution in [0.4, 0.5) is 0 Å². The van der Waals surface area contributed by atoms with Gasteiger partial charge in [0.15, 0.2) is 0 Å². The van der Waals surface area contributed by atoms with Crippen LogP contribution in [-0.4, -0.2) is 27.5 Å². The first-order valence-electron chi connectivity index (χ1n) is 5.21. The lowest BCUT2D eigenvalue weighted by atomic mass is 10.1. The fourth-order valence-electron chi connectivity index (χ4n) is 1.67. The van der Waals surface area contributed by atoms with Crippen LogP contribution in [0.1, 0.15) is 11.1 Å². The molecule has 1 aromatic carbocycles. The van der Waals surface area contributed by atoms with E-state index < -0.39 is 0 Å². The van der Waals surface area contributed by atoms with Crippen molar-refractivity contribution >= 4 is 11.6 Å². The highest BCUT2D eigenvalue weighted by Gasteiger charge is 2.07. The van der Waals surface area contributed by atoms with Crippen LogP contribution in [0.2, 0.25) is 5.02 Å². The van der Waals surface area contributed by atoms with Crippen molar-refractivity contribution in [2.75, 3.05) is 27.5 Å². The molecule has 0 aliphatic carbocycles. The predicted molar refractivity (Wildman–Crippen MR) is 66.3 cm³/mol. The van der Waals surface area contributed by atoms with Crippen LogP contribution in [-0.2, 0) is 11.2 Å². The summed E-state index contributed by atoms with van der Waals surface area (Å²) in [5.74, 6) is 0.920. The maximum Gasteiger partial charge on any atom is 0.125 e. The standard InChI is InChI=1S/C12H18ClNO2/c1-9-6-11(13)7-10(12(9)16-3)4-5-14-8-15-2/h6-7,14H,4-5,8H2,1-3H3. The Hall–Kier alpha value is -0.770. The molecule has 0 bridgehead atoms. The van der Waals surface area contributed by atoms with E-state index in [1.54, 1.807) is 14.2 Å². The normalized spacial score (nSPS) is 10.5. The molecule has 1 aromatic rings. The highest BCUT2D eigenvalue weighted by Crippen LogP contribution is 2.27. The Morgan fingerprint density at radius 1 is 1.31 bits per heavy atom. The van der Waals surface area contributed by atoms with Gasteiger partial charge in [-0.1, -0.05) is 11.6 Å². The summed E-state index contributed by atoms with van der Waals surface area (Å²) in [6.45, 7) is 3.39. The minimum absolute atomic E-state index is 0.557. The first-order valence-corrected chi connectivity index (χ1v) is 5.59. The number of aryl methyl sites for hydroxylation is 1. The zero-order valence-electron chi connectivity index (χ0n) is 9.97. The van der Waals surface area contributed by atoms with Crippen LogP contribution in [0.3, 0.4) is 0 Å². The Morgan fingerprint density at radius 3 is 2.69 bits per heavy atom. The topological polar surface area (TPSA) is 30.5 Å². The Morgan fingerprint density at radius 2 is 2.06 bits per heavy atom. The van der Waals surface area contributed by atoms with Gasteiger partial charge in [-0.2, -0.15) is 0 Å². The summed E-state index contributed by atoms with van der Waals surface area (Å²) in [6.07, 6.45) is 0.869. The molecule has 0 aromatic heterocycles. The van der Waals surface area contributed by atoms with Crippen LogP contribution in [0.5, 0.6) is 5.75 Å². The molecule has 0 atom stereocenters. The predicted octanol–water partition coefficient (Wildman–Crippen LogP) is 2.39. The maximum atomic E-state index is 6.02. The van der Waals surface area contributed by atoms with Gasteiger partial charge in [0.2, 0.25) is 0 Å². The van der Waals surface area contributed by atoms with Gasteiger partial charge in [-0.15, -0.1) is 0 Å². The summed E-state index contributed by atoms with van der Waals surface area (Å²) in [5.41, 5.74) is 2.19. The van der Waals surface area contributed by atoms with Crippen LogP contribution in [0.25, 0.3) is 0 Å². The molecule has 90 valence electrons. The summed E-state index contributed by atoms with van der Waals surface area (Å²) in [4.78, 5) is 0. The molecule has 1 rings (SSSR count). The summed E-state index contributed by atoms with van der Waals surface area (Å²) >= 11 is 6.02. The largest absolute Gasteiger partial charge is 0.496 e. The lowest BCUT2D eigenvalue weighted by Crippen LogP contribution is -2.19. The van der Waals surface area contributed by atoms with Crippen molar-refractivity contribution in [1.29, 1.82) is 0 Å². The minimum Gasteiger partial charge on any atom is -0.496 e. The molecule has 1 N–H and O–H groups in total. The number of hydrogen-bond donors (Lipinski definition) is 1. The Kier molecular flexibility index (Phi) is 5.60. The van der Waals surface area contributed by atoms with E-state index in [1.807, 2.05) is 19.1 Å². The minimum atomic E-state index is 0.557. The monoisotopic (exact) mass is 243 g/mol. The van der Waals surface area contributed by atoms with E-state index in [-0.39, 0.29) is 0 Å². The Balaban J connectivity index is 2.69. The van der Waals surface area contributed by atoms with Gasteiger partial charge >= 0.3 is 0 Å². The van der Waals surface area contributed by atoms with Gasteiger partial charge in [0, 0.05) is 18.7 Å². The highest BCUT2D eigenvalue weighted by atomic mass is 35.5. The zero-order valence-corrected chi connectivity index (χ0v) is 10.7. The van der Waals surface area contributed by atoms with Gasteiger partial charge < -0.3 is 9.47 Å². The van der Waals surface area contributed by atoms with Gasteiger partial charge in [0.05, 0.1) is 13.8 Å². The number of rotatable bonds is 6. The van der Waals surface area contributed by atoms with E-state index >= 15 is 0 Å². The second-order valence-corrected chi connectivity index (χ2v) is 4.03. The molecule has 0 amide bonds. The van der Waals surface area contributed by atoms with E-state index in [0.29, 0.717) is 6.73 Å². The van der Waals surface area contributed by atoms with Gasteiger partial charge in [-0.25, -0.2) is 0 Å². The molecular weight excluding hydrogens is 226 g/mol. The van der Waals surface area contributed by atoms with Crippen molar-refractivity contribution in [1.82, 2.24) is 5.32 Å². The average molecular weight is 244 g/mol. The third kappa shape index (κ3) is 3.67. The number of methoxy groups -OCH3 is 2. The van der Waals surface area contributed by atoms with E-state index in [1.165, 1.54) is 0 Å². The number of hydrogen-bond acceptors (Lipinski definition) is 3. The molecule has 0 unspecified atom stereocenters. The van der Waals surface area contributed by atoms with E-state index in [4.69, 9.17) is 21.1 Å². The molecule has 0 spiro atoms. The Labute approximate surface area is 102 Å². The lowest BCUT2D eigenvalue weighted by Gasteiger charge is -2.12. The first-order chi connectivity index (χ1) is 7.69. The van der Waals surface area contributed by atoms with Crippen LogP contribution < -0.4 is 10.1 Å². The van der Waals surface area contributed by atoms with E-state index in [9.17, 15) is 0 Å². The van der Waals surface area contributed by atoms with Gasteiger partial charge in [0.25, 0.3) is 0 Å². The third-order valence-corrected chi connectivity index (χ3v) is 2.56. The maximum absolute atomic E-state index is 6.02. The number of ether oxygens (including phenoxy) is 2. The van der Waals surface area contributed by atoms with Crippen molar-refractivity contribution in [3.63, 3.8) is 0 Å². The van der Waals surface area contributed by atoms with Crippen molar-refractivity contribution in [3.05, 3.63) is 28.3 Å². The second-order valence-electron chi connectivity index (χ2n) is 3.60. The van der Waals surface area contributed by atoms with E-state index in [0.717, 1.165) is 34.9 Å². The quantitative estimate of drug-likeness (QED) is 0.615. The summed E-state index contributed by atoms with van der Waals surface area (Å²) in [5, 5.41) is 3.90. The van der Waals surface area contributed by atoms with Crippen molar-refractivity contribution in [3.8, 4) is 5.75 Å². The number of benzene rings is 1. The third-order valence-electron chi connectivity index (χ3n) is 2.34.